The second-order valence-electron chi connectivity index (χ2n) is 5.79. The fourth-order valence-corrected chi connectivity index (χ4v) is 4.50. The summed E-state index contributed by atoms with van der Waals surface area (Å²) >= 11 is 0. The molecule has 11 heteroatoms. The molecule has 0 radical (unpaired) electrons. The smallest absolute Gasteiger partial charge is 0.289 e. The molecule has 3 rings (SSSR count). The van der Waals surface area contributed by atoms with Crippen molar-refractivity contribution in [2.24, 2.45) is 0 Å². The maximum atomic E-state index is 12.9. The monoisotopic (exact) mass is 389 g/mol. The SMILES string of the molecule is N#Cc1nccnc1OC1CCCN(S(=O)(=O)c2ccccc2[N+](=O)[O-])C1. The Hall–Kier alpha value is -3.10. The number of piperidine rings is 1. The molecule has 1 aromatic heterocycles. The van der Waals surface area contributed by atoms with Gasteiger partial charge in [-0.25, -0.2) is 18.4 Å². The number of hydrogen-bond donors (Lipinski definition) is 0. The predicted molar refractivity (Wildman–Crippen MR) is 92.3 cm³/mol. The molecule has 0 saturated carbocycles. The molecular formula is C16H15N5O5S. The van der Waals surface area contributed by atoms with Crippen molar-refractivity contribution >= 4 is 15.7 Å². The van der Waals surface area contributed by atoms with Crippen molar-refractivity contribution in [3.05, 3.63) is 52.5 Å². The average molecular weight is 389 g/mol. The topological polar surface area (TPSA) is 139 Å². The Morgan fingerprint density at radius 3 is 2.78 bits per heavy atom. The van der Waals surface area contributed by atoms with Crippen LogP contribution in [0.2, 0.25) is 0 Å². The quantitative estimate of drug-likeness (QED) is 0.553. The lowest BCUT2D eigenvalue weighted by Gasteiger charge is -2.31. The number of aromatic nitrogens is 2. The van der Waals surface area contributed by atoms with E-state index in [1.165, 1.54) is 30.6 Å². The van der Waals surface area contributed by atoms with Crippen molar-refractivity contribution in [3.63, 3.8) is 0 Å². The van der Waals surface area contributed by atoms with Gasteiger partial charge in [0, 0.05) is 25.0 Å². The molecule has 0 spiro atoms. The molecule has 2 aromatic rings. The van der Waals surface area contributed by atoms with Gasteiger partial charge in [0.2, 0.25) is 15.7 Å². The van der Waals surface area contributed by atoms with Crippen molar-refractivity contribution in [1.82, 2.24) is 14.3 Å². The molecule has 1 aliphatic heterocycles. The highest BCUT2D eigenvalue weighted by molar-refractivity contribution is 7.89. The molecule has 1 unspecified atom stereocenters. The van der Waals surface area contributed by atoms with E-state index in [0.29, 0.717) is 12.8 Å². The number of nitriles is 1. The molecule has 1 aliphatic rings. The van der Waals surface area contributed by atoms with Crippen LogP contribution in [0.3, 0.4) is 0 Å². The first-order valence-electron chi connectivity index (χ1n) is 8.05. The summed E-state index contributed by atoms with van der Waals surface area (Å²) < 4.78 is 32.7. The van der Waals surface area contributed by atoms with Gasteiger partial charge in [0.05, 0.1) is 11.5 Å². The minimum absolute atomic E-state index is 0.00414. The highest BCUT2D eigenvalue weighted by Crippen LogP contribution is 2.29. The van der Waals surface area contributed by atoms with E-state index in [1.54, 1.807) is 0 Å². The molecular weight excluding hydrogens is 374 g/mol. The second-order valence-corrected chi connectivity index (χ2v) is 7.70. The fraction of sp³-hybridized carbons (Fsp3) is 0.312. The molecule has 0 N–H and O–H groups in total. The molecule has 1 atom stereocenters. The van der Waals surface area contributed by atoms with Crippen LogP contribution in [-0.2, 0) is 10.0 Å². The summed E-state index contributed by atoms with van der Waals surface area (Å²) in [5.74, 6) is 0.0370. The number of benzene rings is 1. The van der Waals surface area contributed by atoms with Gasteiger partial charge in [0.1, 0.15) is 12.2 Å². The first-order valence-corrected chi connectivity index (χ1v) is 9.49. The van der Waals surface area contributed by atoms with Gasteiger partial charge in [-0.3, -0.25) is 10.1 Å². The van der Waals surface area contributed by atoms with Gasteiger partial charge < -0.3 is 4.74 Å². The van der Waals surface area contributed by atoms with Crippen LogP contribution in [0, 0.1) is 21.4 Å². The van der Waals surface area contributed by atoms with Crippen LogP contribution in [0.15, 0.2) is 41.6 Å². The average Bonchev–Trinajstić information content (AvgIpc) is 2.68. The number of para-hydroxylation sites is 1. The van der Waals surface area contributed by atoms with Gasteiger partial charge in [-0.15, -0.1) is 0 Å². The van der Waals surface area contributed by atoms with E-state index in [4.69, 9.17) is 10.00 Å². The lowest BCUT2D eigenvalue weighted by molar-refractivity contribution is -0.387. The Balaban J connectivity index is 1.84. The minimum Gasteiger partial charge on any atom is -0.471 e. The Kier molecular flexibility index (Phi) is 5.29. The number of rotatable bonds is 5. The molecule has 27 heavy (non-hydrogen) atoms. The van der Waals surface area contributed by atoms with E-state index in [-0.39, 0.29) is 29.6 Å². The zero-order chi connectivity index (χ0) is 19.4. The third-order valence-electron chi connectivity index (χ3n) is 4.07. The summed E-state index contributed by atoms with van der Waals surface area (Å²) in [6.07, 6.45) is 3.26. The minimum atomic E-state index is -4.07. The molecule has 1 aromatic carbocycles. The predicted octanol–water partition coefficient (Wildman–Crippen LogP) is 1.49. The second kappa shape index (κ2) is 7.65. The summed E-state index contributed by atoms with van der Waals surface area (Å²) in [5, 5.41) is 20.2. The van der Waals surface area contributed by atoms with Crippen molar-refractivity contribution in [2.45, 2.75) is 23.8 Å². The summed E-state index contributed by atoms with van der Waals surface area (Å²) in [6.45, 7) is 0.218. The Bertz CT molecular complexity index is 1000. The van der Waals surface area contributed by atoms with E-state index in [2.05, 4.69) is 9.97 Å². The van der Waals surface area contributed by atoms with Crippen molar-refractivity contribution < 1.29 is 18.1 Å². The van der Waals surface area contributed by atoms with E-state index >= 15 is 0 Å². The first-order chi connectivity index (χ1) is 12.9. The molecule has 2 heterocycles. The fourth-order valence-electron chi connectivity index (χ4n) is 2.83. The number of nitrogens with zero attached hydrogens (tertiary/aromatic N) is 5. The van der Waals surface area contributed by atoms with Gasteiger partial charge in [-0.1, -0.05) is 12.1 Å². The van der Waals surface area contributed by atoms with E-state index < -0.39 is 26.7 Å². The molecule has 0 aliphatic carbocycles. The van der Waals surface area contributed by atoms with Gasteiger partial charge in [-0.2, -0.15) is 9.57 Å². The third kappa shape index (κ3) is 3.86. The van der Waals surface area contributed by atoms with Crippen LogP contribution in [0.4, 0.5) is 5.69 Å². The van der Waals surface area contributed by atoms with Crippen molar-refractivity contribution in [3.8, 4) is 11.9 Å². The van der Waals surface area contributed by atoms with E-state index in [9.17, 15) is 18.5 Å². The van der Waals surface area contributed by atoms with Crippen molar-refractivity contribution in [2.75, 3.05) is 13.1 Å². The Morgan fingerprint density at radius 1 is 1.30 bits per heavy atom. The first kappa shape index (κ1) is 18.7. The summed E-state index contributed by atoms with van der Waals surface area (Å²) in [6, 6.07) is 7.09. The summed E-state index contributed by atoms with van der Waals surface area (Å²) in [4.78, 5) is 17.9. The van der Waals surface area contributed by atoms with Crippen LogP contribution in [0.1, 0.15) is 18.5 Å². The lowest BCUT2D eigenvalue weighted by atomic mass is 10.1. The van der Waals surface area contributed by atoms with Gasteiger partial charge in [-0.05, 0) is 18.9 Å². The molecule has 0 amide bonds. The number of nitro benzene ring substituents is 1. The number of hydrogen-bond acceptors (Lipinski definition) is 8. The van der Waals surface area contributed by atoms with Gasteiger partial charge in [0.25, 0.3) is 11.6 Å². The highest BCUT2D eigenvalue weighted by atomic mass is 32.2. The summed E-state index contributed by atoms with van der Waals surface area (Å²) in [5.41, 5.74) is -0.461. The zero-order valence-corrected chi connectivity index (χ0v) is 14.9. The largest absolute Gasteiger partial charge is 0.471 e. The van der Waals surface area contributed by atoms with Gasteiger partial charge in [0.15, 0.2) is 4.90 Å². The third-order valence-corrected chi connectivity index (χ3v) is 5.98. The van der Waals surface area contributed by atoms with Crippen LogP contribution < -0.4 is 4.74 Å². The standard InChI is InChI=1S/C16H15N5O5S/c17-10-13-16(19-8-7-18-13)26-12-4-3-9-20(11-12)27(24,25)15-6-2-1-5-14(15)21(22)23/h1-2,5-8,12H,3-4,9,11H2. The molecule has 140 valence electrons. The maximum Gasteiger partial charge on any atom is 0.289 e. The number of sulfonamides is 1. The van der Waals surface area contributed by atoms with Gasteiger partial charge >= 0.3 is 0 Å². The molecule has 1 saturated heterocycles. The number of ether oxygens (including phenoxy) is 1. The van der Waals surface area contributed by atoms with Crippen LogP contribution >= 0.6 is 0 Å². The highest BCUT2D eigenvalue weighted by Gasteiger charge is 2.35. The Morgan fingerprint density at radius 2 is 2.04 bits per heavy atom. The Labute approximate surface area is 155 Å². The maximum absolute atomic E-state index is 12.9. The van der Waals surface area contributed by atoms with Crippen LogP contribution in [0.25, 0.3) is 0 Å². The molecule has 10 nitrogen and oxygen atoms in total. The zero-order valence-electron chi connectivity index (χ0n) is 14.1. The normalized spacial score (nSPS) is 17.8. The van der Waals surface area contributed by atoms with E-state index in [0.717, 1.165) is 10.4 Å². The van der Waals surface area contributed by atoms with Crippen LogP contribution in [-0.4, -0.2) is 46.8 Å². The molecule has 0 bridgehead atoms. The van der Waals surface area contributed by atoms with Crippen molar-refractivity contribution in [1.29, 1.82) is 5.26 Å². The number of nitro groups is 1. The molecule has 1 fully saturated rings. The van der Waals surface area contributed by atoms with E-state index in [1.807, 2.05) is 6.07 Å². The summed E-state index contributed by atoms with van der Waals surface area (Å²) in [7, 11) is -4.07. The van der Waals surface area contributed by atoms with Crippen LogP contribution in [0.5, 0.6) is 5.88 Å². The lowest BCUT2D eigenvalue weighted by Crippen LogP contribution is -2.44.